The van der Waals surface area contributed by atoms with Crippen molar-refractivity contribution in [3.8, 4) is 5.75 Å². The van der Waals surface area contributed by atoms with Crippen LogP contribution in [-0.2, 0) is 12.0 Å². The molecule has 112 valence electrons. The maximum atomic E-state index is 14.2. The summed E-state index contributed by atoms with van der Waals surface area (Å²) in [5.41, 5.74) is 5.78. The van der Waals surface area contributed by atoms with Gasteiger partial charge in [0.15, 0.2) is 0 Å². The van der Waals surface area contributed by atoms with Crippen LogP contribution in [0.1, 0.15) is 18.1 Å². The molecule has 0 fully saturated rings. The molecule has 0 saturated carbocycles. The smallest absolute Gasteiger partial charge is 0.145 e. The number of ether oxygens (including phenoxy) is 1. The molecular formula is C16H16BrF2NO. The van der Waals surface area contributed by atoms with E-state index in [1.807, 2.05) is 12.1 Å². The summed E-state index contributed by atoms with van der Waals surface area (Å²) < 4.78 is 33.5. The average Bonchev–Trinajstić information content (AvgIpc) is 2.43. The van der Waals surface area contributed by atoms with Crippen LogP contribution in [-0.4, -0.2) is 7.11 Å². The predicted octanol–water partition coefficient (Wildman–Crippen LogP) is 4.15. The Balaban J connectivity index is 2.35. The summed E-state index contributed by atoms with van der Waals surface area (Å²) in [6.45, 7) is 1.62. The topological polar surface area (TPSA) is 35.2 Å². The Hall–Kier alpha value is -1.46. The van der Waals surface area contributed by atoms with E-state index in [-0.39, 0.29) is 10.0 Å². The first-order valence-electron chi connectivity index (χ1n) is 6.41. The van der Waals surface area contributed by atoms with Crippen LogP contribution in [0.15, 0.2) is 40.9 Å². The van der Waals surface area contributed by atoms with Crippen LogP contribution >= 0.6 is 15.9 Å². The third-order valence-corrected chi connectivity index (χ3v) is 3.96. The van der Waals surface area contributed by atoms with Crippen molar-refractivity contribution in [3.05, 3.63) is 63.6 Å². The molecule has 1 unspecified atom stereocenters. The lowest BCUT2D eigenvalue weighted by molar-refractivity contribution is 0.412. The van der Waals surface area contributed by atoms with Gasteiger partial charge in [-0.05, 0) is 59.1 Å². The van der Waals surface area contributed by atoms with Crippen molar-refractivity contribution in [3.63, 3.8) is 0 Å². The first-order chi connectivity index (χ1) is 9.85. The highest BCUT2D eigenvalue weighted by Crippen LogP contribution is 2.31. The van der Waals surface area contributed by atoms with Gasteiger partial charge < -0.3 is 10.5 Å². The van der Waals surface area contributed by atoms with Gasteiger partial charge in [0, 0.05) is 11.1 Å². The number of halogens is 3. The molecule has 0 aliphatic heterocycles. The third-order valence-electron chi connectivity index (χ3n) is 3.35. The second-order valence-electron chi connectivity index (χ2n) is 5.16. The number of benzene rings is 2. The number of hydrogen-bond acceptors (Lipinski definition) is 2. The van der Waals surface area contributed by atoms with Gasteiger partial charge in [0.1, 0.15) is 17.4 Å². The maximum absolute atomic E-state index is 14.2. The summed E-state index contributed by atoms with van der Waals surface area (Å²) in [5, 5.41) is 0. The van der Waals surface area contributed by atoms with Crippen LogP contribution < -0.4 is 10.5 Å². The minimum Gasteiger partial charge on any atom is -0.497 e. The van der Waals surface area contributed by atoms with Gasteiger partial charge in [-0.1, -0.05) is 12.1 Å². The second kappa shape index (κ2) is 6.12. The first-order valence-corrected chi connectivity index (χ1v) is 7.20. The molecular weight excluding hydrogens is 340 g/mol. The van der Waals surface area contributed by atoms with Gasteiger partial charge >= 0.3 is 0 Å². The fraction of sp³-hybridized carbons (Fsp3) is 0.250. The lowest BCUT2D eigenvalue weighted by Gasteiger charge is -2.27. The van der Waals surface area contributed by atoms with Gasteiger partial charge in [0.2, 0.25) is 0 Å². The standard InChI is InChI=1S/C16H16BrF2NO/c1-16(20,9-10-3-5-11(21-2)6-4-10)14-13(18)8-7-12(17)15(14)19/h3-8H,9,20H2,1-2H3. The van der Waals surface area contributed by atoms with Gasteiger partial charge in [-0.25, -0.2) is 8.78 Å². The van der Waals surface area contributed by atoms with E-state index >= 15 is 0 Å². The fourth-order valence-electron chi connectivity index (χ4n) is 2.31. The highest BCUT2D eigenvalue weighted by Gasteiger charge is 2.30. The molecule has 5 heteroatoms. The van der Waals surface area contributed by atoms with Crippen molar-refractivity contribution in [2.45, 2.75) is 18.9 Å². The average molecular weight is 356 g/mol. The van der Waals surface area contributed by atoms with Gasteiger partial charge in [0.05, 0.1) is 11.6 Å². The predicted molar refractivity (Wildman–Crippen MR) is 82.3 cm³/mol. The monoisotopic (exact) mass is 355 g/mol. The molecule has 0 aliphatic carbocycles. The summed E-state index contributed by atoms with van der Waals surface area (Å²) in [5.74, 6) is -0.583. The SMILES string of the molecule is COc1ccc(CC(C)(N)c2c(F)ccc(Br)c2F)cc1. The zero-order valence-electron chi connectivity index (χ0n) is 11.8. The summed E-state index contributed by atoms with van der Waals surface area (Å²) in [4.78, 5) is 0. The molecule has 0 aliphatic rings. The zero-order chi connectivity index (χ0) is 15.6. The molecule has 0 amide bonds. The van der Waals surface area contributed by atoms with Crippen LogP contribution in [0.4, 0.5) is 8.78 Å². The molecule has 0 radical (unpaired) electrons. The third kappa shape index (κ3) is 3.41. The Labute approximate surface area is 131 Å². The lowest BCUT2D eigenvalue weighted by atomic mass is 9.86. The van der Waals surface area contributed by atoms with Crippen molar-refractivity contribution in [2.24, 2.45) is 5.73 Å². The molecule has 2 nitrogen and oxygen atoms in total. The molecule has 21 heavy (non-hydrogen) atoms. The zero-order valence-corrected chi connectivity index (χ0v) is 13.4. The van der Waals surface area contributed by atoms with Crippen molar-refractivity contribution >= 4 is 15.9 Å². The largest absolute Gasteiger partial charge is 0.497 e. The van der Waals surface area contributed by atoms with E-state index in [0.29, 0.717) is 6.42 Å². The summed E-state index contributed by atoms with van der Waals surface area (Å²) in [6.07, 6.45) is 0.307. The summed E-state index contributed by atoms with van der Waals surface area (Å²) in [6, 6.07) is 9.78. The molecule has 0 aromatic heterocycles. The number of nitrogens with two attached hydrogens (primary N) is 1. The van der Waals surface area contributed by atoms with E-state index in [9.17, 15) is 8.78 Å². The maximum Gasteiger partial charge on any atom is 0.145 e. The normalized spacial score (nSPS) is 13.8. The van der Waals surface area contributed by atoms with E-state index < -0.39 is 17.2 Å². The van der Waals surface area contributed by atoms with Gasteiger partial charge in [-0.2, -0.15) is 0 Å². The van der Waals surface area contributed by atoms with Crippen LogP contribution in [0, 0.1) is 11.6 Å². The molecule has 0 heterocycles. The van der Waals surface area contributed by atoms with E-state index in [2.05, 4.69) is 15.9 Å². The molecule has 2 aromatic rings. The Morgan fingerprint density at radius 2 is 1.76 bits per heavy atom. The van der Waals surface area contributed by atoms with Gasteiger partial charge in [-0.3, -0.25) is 0 Å². The molecule has 2 aromatic carbocycles. The quantitative estimate of drug-likeness (QED) is 0.836. The summed E-state index contributed by atoms with van der Waals surface area (Å²) in [7, 11) is 1.58. The van der Waals surface area contributed by atoms with Crippen molar-refractivity contribution < 1.29 is 13.5 Å². The second-order valence-corrected chi connectivity index (χ2v) is 6.01. The molecule has 0 bridgehead atoms. The van der Waals surface area contributed by atoms with E-state index in [1.165, 1.54) is 12.1 Å². The van der Waals surface area contributed by atoms with E-state index in [4.69, 9.17) is 10.5 Å². The van der Waals surface area contributed by atoms with Crippen molar-refractivity contribution in [1.29, 1.82) is 0 Å². The minimum atomic E-state index is -1.16. The molecule has 0 saturated heterocycles. The lowest BCUT2D eigenvalue weighted by Crippen LogP contribution is -2.37. The van der Waals surface area contributed by atoms with Crippen LogP contribution in [0.3, 0.4) is 0 Å². The fourth-order valence-corrected chi connectivity index (χ4v) is 2.64. The molecule has 2 N–H and O–H groups in total. The van der Waals surface area contributed by atoms with E-state index in [0.717, 1.165) is 11.3 Å². The van der Waals surface area contributed by atoms with Crippen molar-refractivity contribution in [1.82, 2.24) is 0 Å². The number of rotatable bonds is 4. The Bertz CT molecular complexity index is 641. The molecule has 1 atom stereocenters. The van der Waals surface area contributed by atoms with E-state index in [1.54, 1.807) is 26.2 Å². The number of hydrogen-bond donors (Lipinski definition) is 1. The van der Waals surface area contributed by atoms with Crippen LogP contribution in [0.25, 0.3) is 0 Å². The van der Waals surface area contributed by atoms with Crippen molar-refractivity contribution in [2.75, 3.05) is 7.11 Å². The molecule has 2 rings (SSSR count). The highest BCUT2D eigenvalue weighted by atomic mass is 79.9. The van der Waals surface area contributed by atoms with Crippen LogP contribution in [0.5, 0.6) is 5.75 Å². The molecule has 0 spiro atoms. The Kier molecular flexibility index (Phi) is 4.64. The van der Waals surface area contributed by atoms with Gasteiger partial charge in [0.25, 0.3) is 0 Å². The Morgan fingerprint density at radius 3 is 2.33 bits per heavy atom. The number of methoxy groups -OCH3 is 1. The van der Waals surface area contributed by atoms with Crippen LogP contribution in [0.2, 0.25) is 0 Å². The Morgan fingerprint density at radius 1 is 1.14 bits per heavy atom. The minimum absolute atomic E-state index is 0.118. The highest BCUT2D eigenvalue weighted by molar-refractivity contribution is 9.10. The first kappa shape index (κ1) is 15.9. The van der Waals surface area contributed by atoms with Gasteiger partial charge in [-0.15, -0.1) is 0 Å². The summed E-state index contributed by atoms with van der Waals surface area (Å²) >= 11 is 3.06.